The average Bonchev–Trinajstić information content (AvgIpc) is 2.13. The Labute approximate surface area is 92.0 Å². The van der Waals surface area contributed by atoms with Crippen LogP contribution in [-0.2, 0) is 4.79 Å². The minimum Gasteiger partial charge on any atom is -0.478 e. The van der Waals surface area contributed by atoms with Crippen molar-refractivity contribution in [3.63, 3.8) is 0 Å². The molecule has 0 saturated carbocycles. The average molecular weight is 208 g/mol. The summed E-state index contributed by atoms with van der Waals surface area (Å²) in [5.41, 5.74) is 2.78. The van der Waals surface area contributed by atoms with Crippen molar-refractivity contribution < 1.29 is 9.90 Å². The third-order valence-electron chi connectivity index (χ3n) is 2.09. The highest BCUT2D eigenvalue weighted by atomic mass is 16.4. The molecule has 0 rings (SSSR count). The zero-order valence-corrected chi connectivity index (χ0v) is 9.84. The van der Waals surface area contributed by atoms with Crippen molar-refractivity contribution in [3.05, 3.63) is 35.5 Å². The summed E-state index contributed by atoms with van der Waals surface area (Å²) in [5, 5.41) is 8.61. The van der Waals surface area contributed by atoms with Crippen molar-refractivity contribution in [2.24, 2.45) is 0 Å². The zero-order valence-electron chi connectivity index (χ0n) is 9.84. The second kappa shape index (κ2) is 7.04. The van der Waals surface area contributed by atoms with Crippen molar-refractivity contribution >= 4 is 5.97 Å². The van der Waals surface area contributed by atoms with Crippen LogP contribution in [0.2, 0.25) is 0 Å². The molecule has 2 nitrogen and oxygen atoms in total. The Bertz CT molecular complexity index is 292. The topological polar surface area (TPSA) is 37.3 Å². The summed E-state index contributed by atoms with van der Waals surface area (Å²) in [7, 11) is 0. The molecule has 0 fully saturated rings. The molecule has 0 aliphatic rings. The fourth-order valence-corrected chi connectivity index (χ4v) is 1.08. The van der Waals surface area contributed by atoms with Gasteiger partial charge in [-0.25, -0.2) is 4.79 Å². The zero-order chi connectivity index (χ0) is 11.8. The highest BCUT2D eigenvalue weighted by Crippen LogP contribution is 2.09. The van der Waals surface area contributed by atoms with Gasteiger partial charge in [0.2, 0.25) is 0 Å². The third kappa shape index (κ3) is 7.74. The lowest BCUT2D eigenvalue weighted by Crippen LogP contribution is -1.97. The molecule has 0 unspecified atom stereocenters. The molecule has 84 valence electrons. The minimum absolute atomic E-state index is 0.247. The molecule has 0 atom stereocenters. The molecule has 0 saturated heterocycles. The lowest BCUT2D eigenvalue weighted by Gasteiger charge is -1.99. The van der Waals surface area contributed by atoms with Crippen LogP contribution in [0.3, 0.4) is 0 Å². The van der Waals surface area contributed by atoms with E-state index in [-0.39, 0.29) is 5.57 Å². The van der Waals surface area contributed by atoms with E-state index in [1.807, 2.05) is 13.0 Å². The molecule has 0 amide bonds. The largest absolute Gasteiger partial charge is 0.478 e. The Morgan fingerprint density at radius 3 is 2.33 bits per heavy atom. The second-order valence-corrected chi connectivity index (χ2v) is 3.98. The van der Waals surface area contributed by atoms with Crippen LogP contribution >= 0.6 is 0 Å². The number of allylic oxidation sites excluding steroid dienone is 4. The van der Waals surface area contributed by atoms with Crippen LogP contribution in [0.5, 0.6) is 0 Å². The highest BCUT2D eigenvalue weighted by Gasteiger charge is 2.00. The molecule has 0 bridgehead atoms. The summed E-state index contributed by atoms with van der Waals surface area (Å²) < 4.78 is 0. The summed E-state index contributed by atoms with van der Waals surface area (Å²) in [4.78, 5) is 10.5. The van der Waals surface area contributed by atoms with Crippen LogP contribution < -0.4 is 0 Å². The third-order valence-corrected chi connectivity index (χ3v) is 2.09. The van der Waals surface area contributed by atoms with Gasteiger partial charge >= 0.3 is 5.97 Å². The maximum Gasteiger partial charge on any atom is 0.331 e. The summed E-state index contributed by atoms with van der Waals surface area (Å²) >= 11 is 0. The quantitative estimate of drug-likeness (QED) is 0.533. The SMILES string of the molecule is C=C(C/C=C(\C)CCC=C(C)C)C(=O)O. The summed E-state index contributed by atoms with van der Waals surface area (Å²) in [6.07, 6.45) is 6.57. The summed E-state index contributed by atoms with van der Waals surface area (Å²) in [5.74, 6) is -0.914. The van der Waals surface area contributed by atoms with Gasteiger partial charge in [0.05, 0.1) is 0 Å². The first-order valence-corrected chi connectivity index (χ1v) is 5.13. The predicted octanol–water partition coefficient (Wildman–Crippen LogP) is 3.71. The van der Waals surface area contributed by atoms with Crippen LogP contribution in [-0.4, -0.2) is 11.1 Å². The smallest absolute Gasteiger partial charge is 0.331 e. The van der Waals surface area contributed by atoms with Gasteiger partial charge in [0, 0.05) is 5.57 Å². The summed E-state index contributed by atoms with van der Waals surface area (Å²) in [6.45, 7) is 9.65. The number of rotatable bonds is 6. The van der Waals surface area contributed by atoms with Crippen LogP contribution in [0.1, 0.15) is 40.0 Å². The van der Waals surface area contributed by atoms with Gasteiger partial charge < -0.3 is 5.11 Å². The van der Waals surface area contributed by atoms with Crippen molar-refractivity contribution in [2.75, 3.05) is 0 Å². The monoisotopic (exact) mass is 208 g/mol. The predicted molar refractivity (Wildman–Crippen MR) is 63.8 cm³/mol. The molecule has 0 aliphatic heterocycles. The van der Waals surface area contributed by atoms with Crippen LogP contribution in [0.15, 0.2) is 35.5 Å². The van der Waals surface area contributed by atoms with Gasteiger partial charge in [0.1, 0.15) is 0 Å². The molecular formula is C13H20O2. The van der Waals surface area contributed by atoms with Gasteiger partial charge in [0.15, 0.2) is 0 Å². The highest BCUT2D eigenvalue weighted by molar-refractivity contribution is 5.86. The lowest BCUT2D eigenvalue weighted by molar-refractivity contribution is -0.132. The molecular weight excluding hydrogens is 188 g/mol. The van der Waals surface area contributed by atoms with E-state index in [0.29, 0.717) is 6.42 Å². The first-order chi connectivity index (χ1) is 6.93. The molecule has 0 aliphatic carbocycles. The lowest BCUT2D eigenvalue weighted by atomic mass is 10.1. The van der Waals surface area contributed by atoms with E-state index in [2.05, 4.69) is 26.5 Å². The molecule has 0 heterocycles. The molecule has 0 spiro atoms. The fraction of sp³-hybridized carbons (Fsp3) is 0.462. The van der Waals surface area contributed by atoms with Gasteiger partial charge in [0.25, 0.3) is 0 Å². The van der Waals surface area contributed by atoms with Crippen molar-refractivity contribution in [3.8, 4) is 0 Å². The number of carboxylic acids is 1. The van der Waals surface area contributed by atoms with Crippen LogP contribution in [0.25, 0.3) is 0 Å². The van der Waals surface area contributed by atoms with Gasteiger partial charge in [-0.1, -0.05) is 29.9 Å². The standard InChI is InChI=1S/C13H20O2/c1-10(2)6-5-7-11(3)8-9-12(4)13(14)15/h6,8H,4-5,7,9H2,1-3H3,(H,14,15)/b11-8+. The number of carbonyl (C=O) groups is 1. The Morgan fingerprint density at radius 1 is 1.27 bits per heavy atom. The van der Waals surface area contributed by atoms with Gasteiger partial charge in [-0.15, -0.1) is 0 Å². The maximum absolute atomic E-state index is 10.5. The van der Waals surface area contributed by atoms with Gasteiger partial charge in [-0.2, -0.15) is 0 Å². The Balaban J connectivity index is 3.95. The van der Waals surface area contributed by atoms with Gasteiger partial charge in [-0.3, -0.25) is 0 Å². The van der Waals surface area contributed by atoms with Crippen LogP contribution in [0, 0.1) is 0 Å². The first-order valence-electron chi connectivity index (χ1n) is 5.13. The van der Waals surface area contributed by atoms with Crippen molar-refractivity contribution in [2.45, 2.75) is 40.0 Å². The van der Waals surface area contributed by atoms with Crippen molar-refractivity contribution in [1.82, 2.24) is 0 Å². The molecule has 1 N–H and O–H groups in total. The summed E-state index contributed by atoms with van der Waals surface area (Å²) in [6, 6.07) is 0. The molecule has 0 aromatic rings. The minimum atomic E-state index is -0.914. The number of carboxylic acid groups (broad SMARTS) is 1. The van der Waals surface area contributed by atoms with E-state index in [9.17, 15) is 4.79 Å². The number of hydrogen-bond acceptors (Lipinski definition) is 1. The molecule has 15 heavy (non-hydrogen) atoms. The van der Waals surface area contributed by atoms with E-state index in [1.165, 1.54) is 11.1 Å². The van der Waals surface area contributed by atoms with Gasteiger partial charge in [-0.05, 0) is 40.0 Å². The normalized spacial score (nSPS) is 11.0. The van der Waals surface area contributed by atoms with E-state index < -0.39 is 5.97 Å². The number of hydrogen-bond donors (Lipinski definition) is 1. The maximum atomic E-state index is 10.5. The molecule has 2 heteroatoms. The van der Waals surface area contributed by atoms with E-state index >= 15 is 0 Å². The molecule has 0 aromatic carbocycles. The second-order valence-electron chi connectivity index (χ2n) is 3.98. The Kier molecular flexibility index (Phi) is 6.43. The van der Waals surface area contributed by atoms with E-state index in [0.717, 1.165) is 12.8 Å². The van der Waals surface area contributed by atoms with E-state index in [4.69, 9.17) is 5.11 Å². The number of aliphatic carboxylic acids is 1. The molecule has 0 aromatic heterocycles. The first kappa shape index (κ1) is 13.7. The molecule has 0 radical (unpaired) electrons. The van der Waals surface area contributed by atoms with E-state index in [1.54, 1.807) is 0 Å². The fourth-order valence-electron chi connectivity index (χ4n) is 1.08. The Morgan fingerprint density at radius 2 is 1.87 bits per heavy atom. The van der Waals surface area contributed by atoms with Crippen LogP contribution in [0.4, 0.5) is 0 Å². The van der Waals surface area contributed by atoms with Crippen molar-refractivity contribution in [1.29, 1.82) is 0 Å². The Hall–Kier alpha value is -1.31.